The van der Waals surface area contributed by atoms with Gasteiger partial charge in [0.2, 0.25) is 0 Å². The van der Waals surface area contributed by atoms with E-state index in [4.69, 9.17) is 6.42 Å². The molecule has 0 fully saturated rings. The van der Waals surface area contributed by atoms with Crippen LogP contribution in [0.5, 0.6) is 0 Å². The predicted octanol–water partition coefficient (Wildman–Crippen LogP) is 0.277. The maximum atomic E-state index is 12.1. The molecule has 20 heavy (non-hydrogen) atoms. The molecule has 0 bridgehead atoms. The number of fused-ring (bicyclic) bond motifs is 2. The Hall–Kier alpha value is -2.94. The highest BCUT2D eigenvalue weighted by atomic mass is 16.2. The summed E-state index contributed by atoms with van der Waals surface area (Å²) in [5.41, 5.74) is 0.596. The van der Waals surface area contributed by atoms with Gasteiger partial charge in [-0.2, -0.15) is 0 Å². The third-order valence-electron chi connectivity index (χ3n) is 3.08. The lowest BCUT2D eigenvalue weighted by atomic mass is 10.3. The number of benzene rings is 1. The SMILES string of the molecule is C#CCn1c(=O)n(C)c(=O)c2nc3ccccc3nc21. The molecule has 3 aromatic rings. The summed E-state index contributed by atoms with van der Waals surface area (Å²) in [4.78, 5) is 32.9. The Labute approximate surface area is 113 Å². The van der Waals surface area contributed by atoms with Crippen LogP contribution in [0.1, 0.15) is 0 Å². The largest absolute Gasteiger partial charge is 0.333 e. The summed E-state index contributed by atoms with van der Waals surface area (Å²) < 4.78 is 2.26. The van der Waals surface area contributed by atoms with Crippen LogP contribution < -0.4 is 11.2 Å². The molecule has 0 saturated heterocycles. The molecule has 6 heteroatoms. The van der Waals surface area contributed by atoms with Gasteiger partial charge in [-0.25, -0.2) is 14.8 Å². The van der Waals surface area contributed by atoms with E-state index in [0.717, 1.165) is 4.57 Å². The molecule has 6 nitrogen and oxygen atoms in total. The van der Waals surface area contributed by atoms with Gasteiger partial charge < -0.3 is 0 Å². The number of nitrogens with zero attached hydrogens (tertiary/aromatic N) is 4. The summed E-state index contributed by atoms with van der Waals surface area (Å²) in [7, 11) is 1.40. The zero-order valence-electron chi connectivity index (χ0n) is 10.7. The van der Waals surface area contributed by atoms with Crippen LogP contribution in [0.2, 0.25) is 0 Å². The van der Waals surface area contributed by atoms with E-state index in [9.17, 15) is 9.59 Å². The van der Waals surface area contributed by atoms with E-state index in [-0.39, 0.29) is 17.7 Å². The summed E-state index contributed by atoms with van der Waals surface area (Å²) in [6.07, 6.45) is 5.28. The van der Waals surface area contributed by atoms with Gasteiger partial charge in [-0.05, 0) is 12.1 Å². The van der Waals surface area contributed by atoms with Crippen molar-refractivity contribution in [3.05, 3.63) is 45.1 Å². The van der Waals surface area contributed by atoms with E-state index in [2.05, 4.69) is 15.9 Å². The second kappa shape index (κ2) is 4.31. The van der Waals surface area contributed by atoms with Crippen molar-refractivity contribution in [2.75, 3.05) is 0 Å². The molecule has 0 amide bonds. The van der Waals surface area contributed by atoms with Crippen LogP contribution in [0.25, 0.3) is 22.2 Å². The number of para-hydroxylation sites is 2. The number of hydrogen-bond donors (Lipinski definition) is 0. The zero-order valence-corrected chi connectivity index (χ0v) is 10.7. The van der Waals surface area contributed by atoms with Gasteiger partial charge in [0.25, 0.3) is 5.56 Å². The molecule has 98 valence electrons. The average molecular weight is 266 g/mol. The van der Waals surface area contributed by atoms with E-state index >= 15 is 0 Å². The molecule has 0 radical (unpaired) electrons. The Bertz CT molecular complexity index is 992. The number of rotatable bonds is 1. The van der Waals surface area contributed by atoms with Crippen LogP contribution in [-0.4, -0.2) is 19.1 Å². The Morgan fingerprint density at radius 1 is 1.20 bits per heavy atom. The van der Waals surface area contributed by atoms with Crippen LogP contribution in [0.3, 0.4) is 0 Å². The third-order valence-corrected chi connectivity index (χ3v) is 3.08. The van der Waals surface area contributed by atoms with E-state index in [1.54, 1.807) is 12.1 Å². The van der Waals surface area contributed by atoms with Gasteiger partial charge in [0.1, 0.15) is 0 Å². The van der Waals surface area contributed by atoms with Crippen LogP contribution in [-0.2, 0) is 13.6 Å². The molecule has 3 rings (SSSR count). The Morgan fingerprint density at radius 2 is 1.85 bits per heavy atom. The van der Waals surface area contributed by atoms with Crippen molar-refractivity contribution in [1.82, 2.24) is 19.1 Å². The fourth-order valence-corrected chi connectivity index (χ4v) is 2.07. The molecule has 2 heterocycles. The van der Waals surface area contributed by atoms with Crippen molar-refractivity contribution in [1.29, 1.82) is 0 Å². The number of hydrogen-bond acceptors (Lipinski definition) is 4. The first kappa shape index (κ1) is 12.1. The van der Waals surface area contributed by atoms with E-state index < -0.39 is 11.2 Å². The second-order valence-electron chi connectivity index (χ2n) is 4.32. The fraction of sp³-hybridized carbons (Fsp3) is 0.143. The normalized spacial score (nSPS) is 10.8. The van der Waals surface area contributed by atoms with Crippen LogP contribution in [0, 0.1) is 12.3 Å². The molecule has 0 N–H and O–H groups in total. The summed E-state index contributed by atoms with van der Waals surface area (Å²) in [5, 5.41) is 0. The molecule has 0 aliphatic rings. The Morgan fingerprint density at radius 3 is 2.50 bits per heavy atom. The van der Waals surface area contributed by atoms with E-state index in [1.807, 2.05) is 12.1 Å². The van der Waals surface area contributed by atoms with Crippen molar-refractivity contribution in [3.8, 4) is 12.3 Å². The topological polar surface area (TPSA) is 69.8 Å². The zero-order chi connectivity index (χ0) is 14.3. The van der Waals surface area contributed by atoms with Gasteiger partial charge in [0, 0.05) is 7.05 Å². The predicted molar refractivity (Wildman–Crippen MR) is 75.4 cm³/mol. The lowest BCUT2D eigenvalue weighted by Crippen LogP contribution is -2.38. The molecule has 0 spiro atoms. The van der Waals surface area contributed by atoms with Crippen molar-refractivity contribution < 1.29 is 0 Å². The van der Waals surface area contributed by atoms with Gasteiger partial charge in [0.05, 0.1) is 17.6 Å². The first-order valence-corrected chi connectivity index (χ1v) is 5.93. The minimum absolute atomic E-state index is 0.0382. The number of terminal acetylenes is 1. The quantitative estimate of drug-likeness (QED) is 0.468. The van der Waals surface area contributed by atoms with Crippen molar-refractivity contribution in [2.45, 2.75) is 6.54 Å². The first-order chi connectivity index (χ1) is 9.63. The molecule has 0 aliphatic heterocycles. The minimum atomic E-state index is -0.495. The minimum Gasteiger partial charge on any atom is -0.267 e. The smallest absolute Gasteiger partial charge is 0.267 e. The second-order valence-corrected chi connectivity index (χ2v) is 4.32. The monoisotopic (exact) mass is 266 g/mol. The Balaban J connectivity index is 2.61. The average Bonchev–Trinajstić information content (AvgIpc) is 2.48. The van der Waals surface area contributed by atoms with E-state index in [1.165, 1.54) is 11.6 Å². The van der Waals surface area contributed by atoms with Crippen LogP contribution in [0.15, 0.2) is 33.9 Å². The summed E-state index contributed by atoms with van der Waals surface area (Å²) in [6, 6.07) is 7.15. The maximum absolute atomic E-state index is 12.1. The molecule has 0 unspecified atom stereocenters. The molecule has 2 aromatic heterocycles. The highest BCUT2D eigenvalue weighted by Crippen LogP contribution is 2.12. The lowest BCUT2D eigenvalue weighted by Gasteiger charge is -2.08. The molecule has 0 aliphatic carbocycles. The molecular weight excluding hydrogens is 256 g/mol. The molecule has 0 saturated carbocycles. The molecule has 1 aromatic carbocycles. The highest BCUT2D eigenvalue weighted by molar-refractivity contribution is 5.83. The molecular formula is C14H10N4O2. The van der Waals surface area contributed by atoms with Crippen LogP contribution in [0.4, 0.5) is 0 Å². The summed E-state index contributed by atoms with van der Waals surface area (Å²) >= 11 is 0. The van der Waals surface area contributed by atoms with Crippen molar-refractivity contribution >= 4 is 22.2 Å². The van der Waals surface area contributed by atoms with Gasteiger partial charge in [-0.3, -0.25) is 13.9 Å². The van der Waals surface area contributed by atoms with Gasteiger partial charge in [-0.1, -0.05) is 18.1 Å². The summed E-state index contributed by atoms with van der Waals surface area (Å²) in [6.45, 7) is 0.0382. The van der Waals surface area contributed by atoms with E-state index in [0.29, 0.717) is 11.0 Å². The first-order valence-electron chi connectivity index (χ1n) is 5.93. The molecule has 0 atom stereocenters. The maximum Gasteiger partial charge on any atom is 0.333 e. The number of aromatic nitrogens is 4. The highest BCUT2D eigenvalue weighted by Gasteiger charge is 2.13. The lowest BCUT2D eigenvalue weighted by molar-refractivity contribution is 0.682. The van der Waals surface area contributed by atoms with Gasteiger partial charge >= 0.3 is 5.69 Å². The van der Waals surface area contributed by atoms with Gasteiger partial charge in [0.15, 0.2) is 11.2 Å². The van der Waals surface area contributed by atoms with Crippen LogP contribution >= 0.6 is 0 Å². The third kappa shape index (κ3) is 1.61. The standard InChI is InChI=1S/C14H10N4O2/c1-3-8-18-12-11(13(19)17(2)14(18)20)15-9-6-4-5-7-10(9)16-12/h1,4-7H,8H2,2H3. The Kier molecular flexibility index (Phi) is 2.61. The van der Waals surface area contributed by atoms with Crippen molar-refractivity contribution in [2.24, 2.45) is 7.05 Å². The summed E-state index contributed by atoms with van der Waals surface area (Å²) in [5.74, 6) is 2.39. The van der Waals surface area contributed by atoms with Gasteiger partial charge in [-0.15, -0.1) is 6.42 Å². The van der Waals surface area contributed by atoms with Crippen molar-refractivity contribution in [3.63, 3.8) is 0 Å². The fourth-order valence-electron chi connectivity index (χ4n) is 2.07.